The Balaban J connectivity index is 1.16. The Morgan fingerprint density at radius 2 is 1.84 bits per heavy atom. The molecule has 3 aromatic rings. The molecule has 0 spiro atoms. The van der Waals surface area contributed by atoms with Gasteiger partial charge in [-0.15, -0.1) is 0 Å². The van der Waals surface area contributed by atoms with Crippen LogP contribution in [0.25, 0.3) is 33.4 Å². The fourth-order valence-electron chi connectivity index (χ4n) is 6.18. The number of halogens is 2. The van der Waals surface area contributed by atoms with Gasteiger partial charge in [-0.3, -0.25) is 9.59 Å². The Labute approximate surface area is 275 Å². The predicted octanol–water partition coefficient (Wildman–Crippen LogP) is 3.85. The van der Waals surface area contributed by atoms with Gasteiger partial charge >= 0.3 is 11.9 Å². The number of hydrogen-bond acceptors (Lipinski definition) is 10. The number of aliphatic hydroxyl groups is 1. The van der Waals surface area contributed by atoms with E-state index in [-0.39, 0.29) is 63.0 Å². The van der Waals surface area contributed by atoms with Gasteiger partial charge in [-0.1, -0.05) is 11.1 Å². The second-order valence-electron chi connectivity index (χ2n) is 11.9. The molecule has 2 aromatic carbocycles. The van der Waals surface area contributed by atoms with Crippen molar-refractivity contribution in [2.75, 3.05) is 26.2 Å². The van der Waals surface area contributed by atoms with Gasteiger partial charge in [0.1, 0.15) is 23.7 Å². The normalized spacial score (nSPS) is 14.7. The number of hydrogen-bond donors (Lipinski definition) is 4. The van der Waals surface area contributed by atoms with Crippen LogP contribution in [0.3, 0.4) is 0 Å². The van der Waals surface area contributed by atoms with Crippen molar-refractivity contribution in [2.24, 2.45) is 5.92 Å². The maximum atomic E-state index is 14.5. The first-order valence-electron chi connectivity index (χ1n) is 15.2. The molecule has 254 valence electrons. The zero-order valence-corrected chi connectivity index (χ0v) is 25.6. The van der Waals surface area contributed by atoms with Gasteiger partial charge in [-0.25, -0.2) is 18.1 Å². The molecule has 1 saturated heterocycles. The van der Waals surface area contributed by atoms with Gasteiger partial charge in [-0.2, -0.15) is 0 Å². The highest BCUT2D eigenvalue weighted by Crippen LogP contribution is 2.43. The average molecular weight is 678 g/mol. The molecular weight excluding hydrogens is 648 g/mol. The maximum Gasteiger partial charge on any atom is 0.434 e. The Bertz CT molecular complexity index is 2120. The van der Waals surface area contributed by atoms with Gasteiger partial charge in [0, 0.05) is 47.3 Å². The minimum Gasteiger partial charge on any atom is -0.505 e. The molecule has 2 aliphatic heterocycles. The number of rotatable bonds is 10. The summed E-state index contributed by atoms with van der Waals surface area (Å²) in [4.78, 5) is 53.8. The van der Waals surface area contributed by atoms with Gasteiger partial charge in [0.2, 0.25) is 5.43 Å². The van der Waals surface area contributed by atoms with Crippen LogP contribution in [0.5, 0.6) is 5.75 Å². The monoisotopic (exact) mass is 677 g/mol. The Morgan fingerprint density at radius 1 is 1.08 bits per heavy atom. The molecule has 3 aliphatic rings. The van der Waals surface area contributed by atoms with Gasteiger partial charge in [-0.05, 0) is 66.6 Å². The van der Waals surface area contributed by atoms with Crippen LogP contribution in [0.2, 0.25) is 0 Å². The number of carbonyl (C=O) groups excluding carboxylic acids is 1. The molecule has 16 heteroatoms. The summed E-state index contributed by atoms with van der Waals surface area (Å²) in [5.41, 5.74) is -1.39. The molecule has 3 heterocycles. The molecule has 14 nitrogen and oxygen atoms in total. The quantitative estimate of drug-likeness (QED) is 0.0950. The number of nitrogens with one attached hydrogen (secondary N) is 1. The number of β-amino-alcohol motifs (C(OH)–C–C–N with tert-alkyl or cyclic N) is 1. The van der Waals surface area contributed by atoms with Crippen LogP contribution < -0.4 is 10.7 Å². The number of aromatic nitrogens is 2. The van der Waals surface area contributed by atoms with Crippen molar-refractivity contribution in [1.29, 1.82) is 0 Å². The minimum absolute atomic E-state index is 0.00227. The molecule has 1 atom stereocenters. The number of phenolic OH excluding ortho intramolecular Hbond substituents is 1. The Kier molecular flexibility index (Phi) is 9.07. The lowest BCUT2D eigenvalue weighted by molar-refractivity contribution is -0.397. The van der Waals surface area contributed by atoms with E-state index in [9.17, 15) is 48.6 Å². The molecule has 0 saturated carbocycles. The summed E-state index contributed by atoms with van der Waals surface area (Å²) in [6, 6.07) is 7.48. The van der Waals surface area contributed by atoms with E-state index in [0.29, 0.717) is 39.0 Å². The smallest absolute Gasteiger partial charge is 0.434 e. The van der Waals surface area contributed by atoms with Gasteiger partial charge in [0.25, 0.3) is 5.91 Å². The van der Waals surface area contributed by atoms with Crippen LogP contribution >= 0.6 is 0 Å². The topological polar surface area (TPSA) is 201 Å². The second-order valence-corrected chi connectivity index (χ2v) is 11.9. The molecule has 1 aromatic heterocycles. The van der Waals surface area contributed by atoms with Crippen LogP contribution in [0.15, 0.2) is 64.1 Å². The number of amides is 1. The average Bonchev–Trinajstić information content (AvgIpc) is 3.53. The summed E-state index contributed by atoms with van der Waals surface area (Å²) in [6.07, 6.45) is 3.28. The van der Waals surface area contributed by atoms with Crippen molar-refractivity contribution in [1.82, 2.24) is 19.8 Å². The first-order chi connectivity index (χ1) is 23.4. The molecule has 1 fully saturated rings. The van der Waals surface area contributed by atoms with Crippen LogP contribution in [0.4, 0.5) is 14.7 Å². The van der Waals surface area contributed by atoms with Gasteiger partial charge in [0.05, 0.1) is 18.2 Å². The number of fused-ring (bicyclic) bond motifs is 2. The molecule has 1 aliphatic carbocycles. The summed E-state index contributed by atoms with van der Waals surface area (Å²) in [6.45, 7) is 1.87. The fourth-order valence-corrected chi connectivity index (χ4v) is 6.18. The summed E-state index contributed by atoms with van der Waals surface area (Å²) >= 11 is 0. The molecule has 49 heavy (non-hydrogen) atoms. The zero-order chi connectivity index (χ0) is 35.0. The van der Waals surface area contributed by atoms with Crippen molar-refractivity contribution in [3.63, 3.8) is 0 Å². The SMILES string of the molecule is O=C(NCC1CCN(CC(O)Cn2ccnc2[N+](=O)[O-])CC1)c1ccc(-c2c3cc(F)c(=O)cc-3oc3cc(O)c(F)cc23)c(C(=O)O)c1. The number of aromatic hydroxyl groups is 1. The predicted molar refractivity (Wildman–Crippen MR) is 169 cm³/mol. The number of piperidine rings is 1. The largest absolute Gasteiger partial charge is 0.505 e. The summed E-state index contributed by atoms with van der Waals surface area (Å²) in [7, 11) is 0. The van der Waals surface area contributed by atoms with Gasteiger partial charge in [0.15, 0.2) is 17.4 Å². The minimum atomic E-state index is -1.43. The van der Waals surface area contributed by atoms with Crippen molar-refractivity contribution >= 4 is 28.8 Å². The van der Waals surface area contributed by atoms with Crippen LogP contribution in [-0.4, -0.2) is 78.9 Å². The van der Waals surface area contributed by atoms with Crippen LogP contribution in [0.1, 0.15) is 33.6 Å². The van der Waals surface area contributed by atoms with Crippen LogP contribution in [0, 0.1) is 27.7 Å². The van der Waals surface area contributed by atoms with Crippen molar-refractivity contribution < 1.29 is 43.0 Å². The number of benzene rings is 3. The zero-order valence-electron chi connectivity index (χ0n) is 25.6. The molecule has 0 bridgehead atoms. The summed E-state index contributed by atoms with van der Waals surface area (Å²) < 4.78 is 35.9. The lowest BCUT2D eigenvalue weighted by Gasteiger charge is -2.33. The van der Waals surface area contributed by atoms with E-state index in [1.807, 2.05) is 4.90 Å². The van der Waals surface area contributed by atoms with Crippen molar-refractivity contribution in [3.05, 3.63) is 98.0 Å². The van der Waals surface area contributed by atoms with E-state index in [1.165, 1.54) is 29.1 Å². The van der Waals surface area contributed by atoms with Crippen molar-refractivity contribution in [2.45, 2.75) is 25.5 Å². The lowest BCUT2D eigenvalue weighted by Crippen LogP contribution is -2.42. The number of likely N-dealkylation sites (tertiary alicyclic amines) is 1. The highest BCUT2D eigenvalue weighted by Gasteiger charge is 2.27. The Morgan fingerprint density at radius 3 is 2.55 bits per heavy atom. The number of carbonyl (C=O) groups is 2. The molecule has 4 N–H and O–H groups in total. The molecule has 1 unspecified atom stereocenters. The summed E-state index contributed by atoms with van der Waals surface area (Å²) in [5, 5.41) is 44.5. The highest BCUT2D eigenvalue weighted by molar-refractivity contribution is 6.09. The fraction of sp³-hybridized carbons (Fsp3) is 0.273. The number of aromatic carboxylic acids is 1. The summed E-state index contributed by atoms with van der Waals surface area (Å²) in [5.74, 6) is -5.27. The molecule has 0 radical (unpaired) electrons. The third kappa shape index (κ3) is 6.81. The van der Waals surface area contributed by atoms with E-state index < -0.39 is 45.7 Å². The van der Waals surface area contributed by atoms with E-state index >= 15 is 0 Å². The van der Waals surface area contributed by atoms with E-state index in [1.54, 1.807) is 0 Å². The molecular formula is C33H29F2N5O9. The number of carboxylic acid groups (broad SMARTS) is 1. The standard InChI is InChI=1S/C33H29F2N5O9/c34-24-10-22-28(12-26(24)42)49-29-13-27(43)25(35)11-23(29)30(22)20-2-1-18(9-21(20)32(45)46)31(44)37-14-17-3-6-38(7-4-17)15-19(41)16-39-8-5-36-33(39)40(47)48/h1-2,5,8-13,17,19,41-42H,3-4,6-7,14-16H2,(H,37,44)(H,45,46). The number of phenols is 1. The molecule has 6 rings (SSSR count). The number of aliphatic hydroxyl groups excluding tert-OH is 1. The number of imidazole rings is 1. The third-order valence-electron chi connectivity index (χ3n) is 8.61. The Hall–Kier alpha value is -5.74. The number of carboxylic acids is 1. The highest BCUT2D eigenvalue weighted by atomic mass is 19.1. The van der Waals surface area contributed by atoms with Crippen molar-refractivity contribution in [3.8, 4) is 28.2 Å². The van der Waals surface area contributed by atoms with Gasteiger partial charge < -0.3 is 40.1 Å². The maximum absolute atomic E-state index is 14.5. The van der Waals surface area contributed by atoms with E-state index in [0.717, 1.165) is 30.3 Å². The van der Waals surface area contributed by atoms with E-state index in [4.69, 9.17) is 4.42 Å². The first kappa shape index (κ1) is 33.2. The third-order valence-corrected chi connectivity index (χ3v) is 8.61. The number of nitro groups is 1. The lowest BCUT2D eigenvalue weighted by atomic mass is 9.89. The number of nitrogens with zero attached hydrogens (tertiary/aromatic N) is 4. The van der Waals surface area contributed by atoms with Crippen LogP contribution in [-0.2, 0) is 6.54 Å². The van der Waals surface area contributed by atoms with E-state index in [2.05, 4.69) is 10.3 Å². The molecule has 1 amide bonds. The first-order valence-corrected chi connectivity index (χ1v) is 15.2. The second kappa shape index (κ2) is 13.4.